The summed E-state index contributed by atoms with van der Waals surface area (Å²) in [5.74, 6) is 0. The summed E-state index contributed by atoms with van der Waals surface area (Å²) in [5, 5.41) is 3.17. The van der Waals surface area contributed by atoms with Crippen LogP contribution in [0.5, 0.6) is 0 Å². The molecule has 1 N–H and O–H groups in total. The van der Waals surface area contributed by atoms with E-state index >= 15 is 0 Å². The van der Waals surface area contributed by atoms with Crippen molar-refractivity contribution in [2.75, 3.05) is 20.7 Å². The van der Waals surface area contributed by atoms with Crippen LogP contribution in [0.25, 0.3) is 0 Å². The van der Waals surface area contributed by atoms with Gasteiger partial charge in [-0.2, -0.15) is 0 Å². The van der Waals surface area contributed by atoms with Crippen LogP contribution in [-0.2, 0) is 4.74 Å². The lowest BCUT2D eigenvalue weighted by Crippen LogP contribution is -2.46. The third-order valence-electron chi connectivity index (χ3n) is 2.74. The molecule has 0 spiro atoms. The molecular weight excluding hydrogens is 168 g/mol. The second-order valence-electron chi connectivity index (χ2n) is 3.45. The Morgan fingerprint density at radius 1 is 1.69 bits per heavy atom. The lowest BCUT2D eigenvalue weighted by atomic mass is 10.1. The molecule has 1 aliphatic heterocycles. The van der Waals surface area contributed by atoms with E-state index in [1.807, 2.05) is 7.05 Å². The number of ether oxygens (including phenoxy) is 1. The van der Waals surface area contributed by atoms with Gasteiger partial charge in [0.05, 0.1) is 13.2 Å². The molecular formula is C9H18N2O2. The highest BCUT2D eigenvalue weighted by atomic mass is 16.5. The Labute approximate surface area is 79.2 Å². The molecule has 2 unspecified atom stereocenters. The van der Waals surface area contributed by atoms with Crippen LogP contribution < -0.4 is 5.32 Å². The van der Waals surface area contributed by atoms with Crippen molar-refractivity contribution >= 4 is 6.09 Å². The number of carbonyl (C=O) groups is 1. The second-order valence-corrected chi connectivity index (χ2v) is 3.45. The summed E-state index contributed by atoms with van der Waals surface area (Å²) >= 11 is 0. The zero-order chi connectivity index (χ0) is 9.84. The number of methoxy groups -OCH3 is 1. The molecule has 1 saturated heterocycles. The highest BCUT2D eigenvalue weighted by Crippen LogP contribution is 2.20. The van der Waals surface area contributed by atoms with Crippen molar-refractivity contribution in [3.05, 3.63) is 0 Å². The molecule has 0 aliphatic carbocycles. The first kappa shape index (κ1) is 10.3. The van der Waals surface area contributed by atoms with Crippen molar-refractivity contribution in [3.63, 3.8) is 0 Å². The third-order valence-corrected chi connectivity index (χ3v) is 2.74. The minimum atomic E-state index is -0.204. The van der Waals surface area contributed by atoms with Crippen LogP contribution in [0.2, 0.25) is 0 Å². The Morgan fingerprint density at radius 2 is 2.38 bits per heavy atom. The molecule has 0 aromatic carbocycles. The Kier molecular flexibility index (Phi) is 3.54. The lowest BCUT2D eigenvalue weighted by molar-refractivity contribution is 0.112. The van der Waals surface area contributed by atoms with Crippen molar-refractivity contribution in [2.45, 2.75) is 31.8 Å². The fraction of sp³-hybridized carbons (Fsp3) is 0.889. The highest BCUT2D eigenvalue weighted by molar-refractivity contribution is 5.68. The standard InChI is InChI=1S/C9H18N2O2/c1-7(10-2)8-5-4-6-11(8)9(12)13-3/h7-8,10H,4-6H2,1-3H3. The van der Waals surface area contributed by atoms with Crippen molar-refractivity contribution in [1.29, 1.82) is 0 Å². The maximum Gasteiger partial charge on any atom is 0.409 e. The molecule has 1 heterocycles. The van der Waals surface area contributed by atoms with Crippen LogP contribution in [0.4, 0.5) is 4.79 Å². The van der Waals surface area contributed by atoms with Gasteiger partial charge in [-0.15, -0.1) is 0 Å². The van der Waals surface area contributed by atoms with Crippen molar-refractivity contribution < 1.29 is 9.53 Å². The van der Waals surface area contributed by atoms with Gasteiger partial charge in [0.2, 0.25) is 0 Å². The maximum atomic E-state index is 11.3. The summed E-state index contributed by atoms with van der Waals surface area (Å²) in [5.41, 5.74) is 0. The summed E-state index contributed by atoms with van der Waals surface area (Å²) < 4.78 is 4.72. The Morgan fingerprint density at radius 3 is 2.92 bits per heavy atom. The van der Waals surface area contributed by atoms with E-state index in [0.29, 0.717) is 6.04 Å². The SMILES string of the molecule is CNC(C)C1CCCN1C(=O)OC. The van der Waals surface area contributed by atoms with Crippen molar-refractivity contribution in [1.82, 2.24) is 10.2 Å². The van der Waals surface area contributed by atoms with Gasteiger partial charge >= 0.3 is 6.09 Å². The molecule has 1 aliphatic rings. The van der Waals surface area contributed by atoms with Gasteiger partial charge in [-0.1, -0.05) is 0 Å². The van der Waals surface area contributed by atoms with Crippen LogP contribution in [-0.4, -0.2) is 43.8 Å². The first-order chi connectivity index (χ1) is 6.20. The number of hydrogen-bond donors (Lipinski definition) is 1. The fourth-order valence-corrected chi connectivity index (χ4v) is 1.85. The van der Waals surface area contributed by atoms with Gasteiger partial charge in [-0.3, -0.25) is 0 Å². The number of rotatable bonds is 2. The van der Waals surface area contributed by atoms with Gasteiger partial charge in [0.25, 0.3) is 0 Å². The average Bonchev–Trinajstić information content (AvgIpc) is 2.63. The predicted octanol–water partition coefficient (Wildman–Crippen LogP) is 0.825. The topological polar surface area (TPSA) is 41.6 Å². The van der Waals surface area contributed by atoms with Crippen LogP contribution in [0.15, 0.2) is 0 Å². The van der Waals surface area contributed by atoms with Crippen LogP contribution in [0.1, 0.15) is 19.8 Å². The minimum absolute atomic E-state index is 0.204. The predicted molar refractivity (Wildman–Crippen MR) is 50.7 cm³/mol. The monoisotopic (exact) mass is 186 g/mol. The molecule has 2 atom stereocenters. The number of nitrogens with one attached hydrogen (secondary N) is 1. The zero-order valence-corrected chi connectivity index (χ0v) is 8.54. The van der Waals surface area contributed by atoms with Crippen molar-refractivity contribution in [3.8, 4) is 0 Å². The van der Waals surface area contributed by atoms with E-state index in [1.165, 1.54) is 7.11 Å². The van der Waals surface area contributed by atoms with Crippen molar-refractivity contribution in [2.24, 2.45) is 0 Å². The molecule has 76 valence electrons. The molecule has 0 bridgehead atoms. The zero-order valence-electron chi connectivity index (χ0n) is 8.54. The van der Waals surface area contributed by atoms with Gasteiger partial charge in [0, 0.05) is 12.6 Å². The highest BCUT2D eigenvalue weighted by Gasteiger charge is 2.32. The summed E-state index contributed by atoms with van der Waals surface area (Å²) in [6.07, 6.45) is 1.94. The number of carbonyl (C=O) groups excluding carboxylic acids is 1. The first-order valence-corrected chi connectivity index (χ1v) is 4.72. The normalized spacial score (nSPS) is 24.5. The lowest BCUT2D eigenvalue weighted by Gasteiger charge is -2.27. The van der Waals surface area contributed by atoms with E-state index in [9.17, 15) is 4.79 Å². The first-order valence-electron chi connectivity index (χ1n) is 4.72. The number of nitrogens with zero attached hydrogens (tertiary/aromatic N) is 1. The van der Waals surface area contributed by atoms with Gasteiger partial charge in [-0.05, 0) is 26.8 Å². The summed E-state index contributed by atoms with van der Waals surface area (Å²) in [4.78, 5) is 13.1. The molecule has 13 heavy (non-hydrogen) atoms. The number of amides is 1. The fourth-order valence-electron chi connectivity index (χ4n) is 1.85. The van der Waals surface area contributed by atoms with E-state index in [0.717, 1.165) is 19.4 Å². The Balaban J connectivity index is 2.58. The largest absolute Gasteiger partial charge is 0.453 e. The van der Waals surface area contributed by atoms with Gasteiger partial charge < -0.3 is 15.0 Å². The molecule has 0 aromatic heterocycles. The quantitative estimate of drug-likeness (QED) is 0.694. The maximum absolute atomic E-state index is 11.3. The molecule has 4 nitrogen and oxygen atoms in total. The molecule has 1 fully saturated rings. The molecule has 4 heteroatoms. The third kappa shape index (κ3) is 2.12. The second kappa shape index (κ2) is 4.46. The van der Waals surface area contributed by atoms with E-state index in [4.69, 9.17) is 4.74 Å². The average molecular weight is 186 g/mol. The summed E-state index contributed by atoms with van der Waals surface area (Å²) in [7, 11) is 3.35. The van der Waals surface area contributed by atoms with E-state index in [-0.39, 0.29) is 12.1 Å². The Hall–Kier alpha value is -0.770. The van der Waals surface area contributed by atoms with Crippen LogP contribution in [0.3, 0.4) is 0 Å². The Bertz CT molecular complexity index is 184. The molecule has 0 saturated carbocycles. The molecule has 1 amide bonds. The molecule has 0 aromatic rings. The number of likely N-dealkylation sites (tertiary alicyclic amines) is 1. The van der Waals surface area contributed by atoms with Crippen LogP contribution >= 0.6 is 0 Å². The number of hydrogen-bond acceptors (Lipinski definition) is 3. The molecule has 0 radical (unpaired) electrons. The van der Waals surface area contributed by atoms with E-state index in [2.05, 4.69) is 12.2 Å². The van der Waals surface area contributed by atoms with E-state index in [1.54, 1.807) is 4.90 Å². The van der Waals surface area contributed by atoms with Gasteiger partial charge in [-0.25, -0.2) is 4.79 Å². The van der Waals surface area contributed by atoms with Crippen LogP contribution in [0, 0.1) is 0 Å². The smallest absolute Gasteiger partial charge is 0.409 e. The number of likely N-dealkylation sites (N-methyl/N-ethyl adjacent to an activating group) is 1. The summed E-state index contributed by atoms with van der Waals surface area (Å²) in [6.45, 7) is 2.91. The van der Waals surface area contributed by atoms with E-state index < -0.39 is 0 Å². The minimum Gasteiger partial charge on any atom is -0.453 e. The summed E-state index contributed by atoms with van der Waals surface area (Å²) in [6, 6.07) is 0.624. The molecule has 1 rings (SSSR count). The van der Waals surface area contributed by atoms with Gasteiger partial charge in [0.1, 0.15) is 0 Å². The van der Waals surface area contributed by atoms with Gasteiger partial charge in [0.15, 0.2) is 0 Å².